The largest absolute Gasteiger partial charge is 0.501 e. The van der Waals surface area contributed by atoms with Gasteiger partial charge in [-0.25, -0.2) is 4.98 Å². The summed E-state index contributed by atoms with van der Waals surface area (Å²) in [5, 5.41) is 0.402. The molecule has 1 fully saturated rings. The average Bonchev–Trinajstić information content (AvgIpc) is 3.32. The molecule has 0 N–H and O–H groups in total. The topological polar surface area (TPSA) is 69.4 Å². The number of hydrogen-bond acceptors (Lipinski definition) is 5. The van der Waals surface area contributed by atoms with Gasteiger partial charge in [-0.3, -0.25) is 9.59 Å². The lowest BCUT2D eigenvalue weighted by atomic mass is 9.97. The fourth-order valence-corrected chi connectivity index (χ4v) is 2.77. The molecule has 1 aliphatic carbocycles. The second-order valence-corrected chi connectivity index (χ2v) is 7.90. The van der Waals surface area contributed by atoms with E-state index in [0.29, 0.717) is 28.6 Å². The third-order valence-electron chi connectivity index (χ3n) is 4.21. The molecule has 6 heteroatoms. The first-order chi connectivity index (χ1) is 12.2. The Bertz CT molecular complexity index is 900. The predicted octanol–water partition coefficient (Wildman–Crippen LogP) is 4.86. The molecule has 1 aromatic heterocycles. The van der Waals surface area contributed by atoms with Gasteiger partial charge in [0.05, 0.1) is 23.5 Å². The summed E-state index contributed by atoms with van der Waals surface area (Å²) in [4.78, 5) is 30.1. The number of nitrogens with zero attached hydrogens (tertiary/aromatic N) is 1. The molecule has 26 heavy (non-hydrogen) atoms. The zero-order valence-electron chi connectivity index (χ0n) is 15.4. The highest BCUT2D eigenvalue weighted by molar-refractivity contribution is 6.36. The van der Waals surface area contributed by atoms with E-state index in [1.54, 1.807) is 19.1 Å². The van der Waals surface area contributed by atoms with Gasteiger partial charge in [0, 0.05) is 11.3 Å². The molecule has 138 valence electrons. The Kier molecular flexibility index (Phi) is 4.93. The molecule has 0 bridgehead atoms. The van der Waals surface area contributed by atoms with Gasteiger partial charge >= 0.3 is 0 Å². The number of rotatable bonds is 6. The number of oxazole rings is 1. The molecule has 3 rings (SSSR count). The number of Topliss-reactive ketones (excluding diaryl/α,β-unsaturated/α-hetero) is 2. The van der Waals surface area contributed by atoms with Crippen molar-refractivity contribution in [3.8, 4) is 0 Å². The second-order valence-electron chi connectivity index (χ2n) is 7.50. The van der Waals surface area contributed by atoms with Crippen molar-refractivity contribution in [1.82, 2.24) is 4.98 Å². The van der Waals surface area contributed by atoms with Crippen LogP contribution in [-0.4, -0.2) is 23.2 Å². The first-order valence-corrected chi connectivity index (χ1v) is 9.12. The summed E-state index contributed by atoms with van der Waals surface area (Å²) in [6, 6.07) is 3.18. The van der Waals surface area contributed by atoms with E-state index in [-0.39, 0.29) is 28.3 Å². The number of allylic oxidation sites excluding steroid dienone is 1. The van der Waals surface area contributed by atoms with Crippen LogP contribution in [0, 0.1) is 5.92 Å². The molecule has 0 saturated heterocycles. The van der Waals surface area contributed by atoms with Crippen molar-refractivity contribution in [1.29, 1.82) is 0 Å². The molecule has 0 unspecified atom stereocenters. The molecule has 0 aliphatic heterocycles. The van der Waals surface area contributed by atoms with E-state index in [1.165, 1.54) is 6.26 Å². The molecule has 1 saturated carbocycles. The molecule has 0 atom stereocenters. The van der Waals surface area contributed by atoms with E-state index in [0.717, 1.165) is 12.8 Å². The Hall–Kier alpha value is -2.14. The Balaban J connectivity index is 2.10. The number of carbonyl (C=O) groups excluding carboxylic acids is 2. The third kappa shape index (κ3) is 3.54. The minimum Gasteiger partial charge on any atom is -0.501 e. The summed E-state index contributed by atoms with van der Waals surface area (Å²) in [5.41, 5.74) is 0.714. The van der Waals surface area contributed by atoms with Crippen LogP contribution in [0.15, 0.2) is 28.4 Å². The molecule has 1 aliphatic rings. The fraction of sp³-hybridized carbons (Fsp3) is 0.450. The number of aromatic nitrogens is 1. The Morgan fingerprint density at radius 2 is 2.04 bits per heavy atom. The van der Waals surface area contributed by atoms with Crippen molar-refractivity contribution in [3.05, 3.63) is 40.4 Å². The molecule has 0 radical (unpaired) electrons. The smallest absolute Gasteiger partial charge is 0.203 e. The van der Waals surface area contributed by atoms with Crippen LogP contribution in [0.2, 0.25) is 5.02 Å². The van der Waals surface area contributed by atoms with E-state index >= 15 is 0 Å². The number of ether oxygens (including phenoxy) is 1. The minimum absolute atomic E-state index is 0.0479. The predicted molar refractivity (Wildman–Crippen MR) is 99.5 cm³/mol. The summed E-state index contributed by atoms with van der Waals surface area (Å²) in [5.74, 6) is -0.206. The molecule has 0 amide bonds. The van der Waals surface area contributed by atoms with Gasteiger partial charge in [-0.15, -0.1) is 0 Å². The van der Waals surface area contributed by atoms with Crippen molar-refractivity contribution in [2.75, 3.05) is 6.61 Å². The number of ketones is 2. The average molecular weight is 376 g/mol. The maximum Gasteiger partial charge on any atom is 0.203 e. The van der Waals surface area contributed by atoms with Crippen molar-refractivity contribution in [2.45, 2.75) is 46.0 Å². The molecule has 1 heterocycles. The van der Waals surface area contributed by atoms with Crippen LogP contribution < -0.4 is 0 Å². The van der Waals surface area contributed by atoms with Crippen molar-refractivity contribution < 1.29 is 18.7 Å². The Morgan fingerprint density at radius 3 is 2.62 bits per heavy atom. The van der Waals surface area contributed by atoms with E-state index < -0.39 is 5.78 Å². The van der Waals surface area contributed by atoms with Gasteiger partial charge in [0.25, 0.3) is 0 Å². The lowest BCUT2D eigenvalue weighted by Crippen LogP contribution is -2.16. The van der Waals surface area contributed by atoms with Crippen LogP contribution >= 0.6 is 11.6 Å². The lowest BCUT2D eigenvalue weighted by molar-refractivity contribution is -0.116. The van der Waals surface area contributed by atoms with E-state index in [9.17, 15) is 9.59 Å². The zero-order chi connectivity index (χ0) is 19.1. The summed E-state index contributed by atoms with van der Waals surface area (Å²) < 4.78 is 11.1. The number of hydrogen-bond donors (Lipinski definition) is 0. The van der Waals surface area contributed by atoms with Gasteiger partial charge in [0.2, 0.25) is 11.7 Å². The molecular formula is C20H22ClNO4. The number of carbonyl (C=O) groups is 2. The second kappa shape index (κ2) is 6.88. The quantitative estimate of drug-likeness (QED) is 0.237. The van der Waals surface area contributed by atoms with Gasteiger partial charge < -0.3 is 9.15 Å². The number of halogens is 1. The van der Waals surface area contributed by atoms with Crippen molar-refractivity contribution >= 4 is 34.3 Å². The van der Waals surface area contributed by atoms with Crippen LogP contribution in [0.3, 0.4) is 0 Å². The van der Waals surface area contributed by atoms with Crippen LogP contribution in [0.1, 0.15) is 56.8 Å². The van der Waals surface area contributed by atoms with Gasteiger partial charge in [-0.2, -0.15) is 0 Å². The zero-order valence-corrected chi connectivity index (χ0v) is 16.1. The number of fused-ring (bicyclic) bond motifs is 1. The molecule has 2 aromatic rings. The molecular weight excluding hydrogens is 354 g/mol. The summed E-state index contributed by atoms with van der Waals surface area (Å²) in [7, 11) is 0. The van der Waals surface area contributed by atoms with Gasteiger partial charge in [-0.1, -0.05) is 32.4 Å². The summed E-state index contributed by atoms with van der Waals surface area (Å²) in [6.45, 7) is 8.06. The van der Waals surface area contributed by atoms with Crippen LogP contribution in [0.5, 0.6) is 0 Å². The summed E-state index contributed by atoms with van der Waals surface area (Å²) >= 11 is 6.24. The summed E-state index contributed by atoms with van der Waals surface area (Å²) in [6.07, 6.45) is 2.88. The highest BCUT2D eigenvalue weighted by Crippen LogP contribution is 2.36. The van der Waals surface area contributed by atoms with E-state index in [2.05, 4.69) is 4.98 Å². The lowest BCUT2D eigenvalue weighted by Gasteiger charge is -2.11. The highest BCUT2D eigenvalue weighted by Gasteiger charge is 2.36. The van der Waals surface area contributed by atoms with Crippen molar-refractivity contribution in [3.63, 3.8) is 0 Å². The molecule has 1 aromatic carbocycles. The van der Waals surface area contributed by atoms with Gasteiger partial charge in [-0.05, 0) is 31.9 Å². The van der Waals surface area contributed by atoms with E-state index in [4.69, 9.17) is 20.8 Å². The SMILES string of the molecule is CCO/C=C(\C(=O)c1ccc(Cl)c2nc(C(C)(C)C)oc12)C(=O)C1CC1. The first-order valence-electron chi connectivity index (χ1n) is 8.74. The Morgan fingerprint density at radius 1 is 1.35 bits per heavy atom. The fourth-order valence-electron chi connectivity index (χ4n) is 2.58. The maximum atomic E-state index is 13.1. The van der Waals surface area contributed by atoms with Crippen LogP contribution in [0.4, 0.5) is 0 Å². The van der Waals surface area contributed by atoms with Crippen LogP contribution in [-0.2, 0) is 14.9 Å². The molecule has 5 nitrogen and oxygen atoms in total. The Labute approximate surface area is 157 Å². The monoisotopic (exact) mass is 375 g/mol. The van der Waals surface area contributed by atoms with Gasteiger partial charge in [0.15, 0.2) is 11.4 Å². The standard InChI is InChI=1S/C20H22ClNO4/c1-5-25-10-13(16(23)11-6-7-11)17(24)12-8-9-14(21)15-18(12)26-19(22-15)20(2,3)4/h8-11H,5-7H2,1-4H3/b13-10-. The van der Waals surface area contributed by atoms with Crippen LogP contribution in [0.25, 0.3) is 11.1 Å². The number of benzene rings is 1. The van der Waals surface area contributed by atoms with Crippen molar-refractivity contribution in [2.24, 2.45) is 5.92 Å². The molecule has 0 spiro atoms. The minimum atomic E-state index is -0.423. The third-order valence-corrected chi connectivity index (χ3v) is 4.51. The van der Waals surface area contributed by atoms with E-state index in [1.807, 2.05) is 20.8 Å². The highest BCUT2D eigenvalue weighted by atomic mass is 35.5. The maximum absolute atomic E-state index is 13.1. The first kappa shape index (κ1) is 18.6. The van der Waals surface area contributed by atoms with Gasteiger partial charge in [0.1, 0.15) is 11.1 Å². The normalized spacial score (nSPS) is 15.3.